The molecule has 1 aliphatic heterocycles. The van der Waals surface area contributed by atoms with Gasteiger partial charge in [-0.05, 0) is 12.8 Å². The van der Waals surface area contributed by atoms with E-state index in [2.05, 4.69) is 6.58 Å². The molecule has 0 spiro atoms. The highest BCUT2D eigenvalue weighted by atomic mass is 16.6. The van der Waals surface area contributed by atoms with Crippen LogP contribution in [-0.4, -0.2) is 34.9 Å². The monoisotopic (exact) mass is 202 g/mol. The number of aliphatic carboxylic acids is 2. The molecule has 14 heavy (non-hydrogen) atoms. The summed E-state index contributed by atoms with van der Waals surface area (Å²) < 4.78 is 4.90. The Morgan fingerprint density at radius 3 is 2.21 bits per heavy atom. The Labute approximate surface area is 82.0 Å². The van der Waals surface area contributed by atoms with Crippen LogP contribution in [0.2, 0.25) is 0 Å². The minimum atomic E-state index is -0.902. The number of hydrogen-bond donors (Lipinski definition) is 2. The maximum Gasteiger partial charge on any atom is 0.330 e. The largest absolute Gasteiger partial charge is 0.481 e. The maximum absolute atomic E-state index is 10.2. The smallest absolute Gasteiger partial charge is 0.330 e. The molecule has 1 saturated heterocycles. The first-order valence-corrected chi connectivity index (χ1v) is 4.15. The van der Waals surface area contributed by atoms with Crippen LogP contribution in [0.1, 0.15) is 19.8 Å². The highest BCUT2D eigenvalue weighted by molar-refractivity contribution is 5.85. The van der Waals surface area contributed by atoms with Gasteiger partial charge in [-0.3, -0.25) is 4.79 Å². The lowest BCUT2D eigenvalue weighted by Crippen LogP contribution is -1.99. The van der Waals surface area contributed by atoms with Crippen molar-refractivity contribution in [3.05, 3.63) is 12.2 Å². The molecule has 1 aliphatic rings. The quantitative estimate of drug-likeness (QED) is 0.522. The molecule has 0 saturated carbocycles. The van der Waals surface area contributed by atoms with Crippen molar-refractivity contribution in [3.8, 4) is 0 Å². The second-order valence-corrected chi connectivity index (χ2v) is 2.92. The summed E-state index contributed by atoms with van der Waals surface area (Å²) in [5.41, 5.74) is 0.274. The van der Waals surface area contributed by atoms with E-state index >= 15 is 0 Å². The fourth-order valence-electron chi connectivity index (χ4n) is 0.677. The molecular formula is C9H14O5. The lowest BCUT2D eigenvalue weighted by Gasteiger charge is -1.95. The van der Waals surface area contributed by atoms with Crippen LogP contribution >= 0.6 is 0 Å². The van der Waals surface area contributed by atoms with Gasteiger partial charge in [-0.1, -0.05) is 6.58 Å². The summed E-state index contributed by atoms with van der Waals surface area (Å²) in [6, 6.07) is 0. The normalized spacial score (nSPS) is 17.6. The molecule has 80 valence electrons. The van der Waals surface area contributed by atoms with Crippen molar-refractivity contribution < 1.29 is 24.5 Å². The second-order valence-electron chi connectivity index (χ2n) is 2.92. The van der Waals surface area contributed by atoms with Crippen molar-refractivity contribution in [2.45, 2.75) is 25.9 Å². The van der Waals surface area contributed by atoms with E-state index in [1.807, 2.05) is 0 Å². The molecule has 0 aromatic carbocycles. The van der Waals surface area contributed by atoms with Gasteiger partial charge in [0.05, 0.1) is 12.7 Å². The average Bonchev–Trinajstić information content (AvgIpc) is 2.81. The van der Waals surface area contributed by atoms with Crippen molar-refractivity contribution in [2.75, 3.05) is 6.61 Å². The highest BCUT2D eigenvalue weighted by Crippen LogP contribution is 2.17. The van der Waals surface area contributed by atoms with Gasteiger partial charge in [0.1, 0.15) is 0 Å². The third-order valence-electron chi connectivity index (χ3n) is 1.47. The fraction of sp³-hybridized carbons (Fsp3) is 0.556. The summed E-state index contributed by atoms with van der Waals surface area (Å²) in [5, 5.41) is 15.8. The number of hydrogen-bond acceptors (Lipinski definition) is 3. The summed E-state index contributed by atoms with van der Waals surface area (Å²) in [6.45, 7) is 5.27. The second kappa shape index (κ2) is 6.15. The van der Waals surface area contributed by atoms with Gasteiger partial charge < -0.3 is 14.9 Å². The Morgan fingerprint density at radius 1 is 1.50 bits per heavy atom. The predicted molar refractivity (Wildman–Crippen MR) is 49.1 cm³/mol. The van der Waals surface area contributed by atoms with Crippen LogP contribution in [0.15, 0.2) is 12.2 Å². The van der Waals surface area contributed by atoms with E-state index in [0.717, 1.165) is 20.0 Å². The van der Waals surface area contributed by atoms with Crippen LogP contribution in [0.3, 0.4) is 0 Å². The summed E-state index contributed by atoms with van der Waals surface area (Å²) in [6.07, 6.45) is 1.64. The Bertz CT molecular complexity index is 225. The van der Waals surface area contributed by atoms with Gasteiger partial charge in [0.25, 0.3) is 5.97 Å². The number of epoxide rings is 1. The zero-order chi connectivity index (χ0) is 11.1. The molecule has 1 unspecified atom stereocenters. The van der Waals surface area contributed by atoms with E-state index in [-0.39, 0.29) is 5.57 Å². The SMILES string of the molecule is C=C(CCC1CO1)C(=O)O.CC(=O)O. The molecule has 5 heteroatoms. The first-order valence-electron chi connectivity index (χ1n) is 4.15. The Morgan fingerprint density at radius 2 is 1.93 bits per heavy atom. The lowest BCUT2D eigenvalue weighted by atomic mass is 10.1. The van der Waals surface area contributed by atoms with Gasteiger partial charge in [0.2, 0.25) is 0 Å². The van der Waals surface area contributed by atoms with Crippen molar-refractivity contribution in [2.24, 2.45) is 0 Å². The van der Waals surface area contributed by atoms with Crippen LogP contribution in [0.25, 0.3) is 0 Å². The van der Waals surface area contributed by atoms with E-state index in [1.165, 1.54) is 0 Å². The van der Waals surface area contributed by atoms with Gasteiger partial charge in [0, 0.05) is 12.5 Å². The van der Waals surface area contributed by atoms with Crippen molar-refractivity contribution >= 4 is 11.9 Å². The van der Waals surface area contributed by atoms with Crippen LogP contribution in [-0.2, 0) is 14.3 Å². The van der Waals surface area contributed by atoms with E-state index in [4.69, 9.17) is 19.7 Å². The molecular weight excluding hydrogens is 188 g/mol. The van der Waals surface area contributed by atoms with Crippen LogP contribution < -0.4 is 0 Å². The summed E-state index contributed by atoms with van der Waals surface area (Å²) in [4.78, 5) is 19.2. The van der Waals surface area contributed by atoms with E-state index in [0.29, 0.717) is 12.5 Å². The number of carboxylic acids is 2. The van der Waals surface area contributed by atoms with E-state index < -0.39 is 11.9 Å². The lowest BCUT2D eigenvalue weighted by molar-refractivity contribution is -0.134. The van der Waals surface area contributed by atoms with Crippen LogP contribution in [0.4, 0.5) is 0 Å². The van der Waals surface area contributed by atoms with E-state index in [1.54, 1.807) is 0 Å². The summed E-state index contributed by atoms with van der Waals surface area (Å²) in [5.74, 6) is -1.74. The highest BCUT2D eigenvalue weighted by Gasteiger charge is 2.22. The molecule has 1 fully saturated rings. The maximum atomic E-state index is 10.2. The standard InChI is InChI=1S/C7H10O3.C2H4O2/c1-5(7(8)9)2-3-6-4-10-6;1-2(3)4/h6H,1-4H2,(H,8,9);1H3,(H,3,4). The molecule has 1 atom stereocenters. The molecule has 0 aliphatic carbocycles. The number of rotatable bonds is 4. The van der Waals surface area contributed by atoms with Gasteiger partial charge in [0.15, 0.2) is 0 Å². The van der Waals surface area contributed by atoms with E-state index in [9.17, 15) is 4.79 Å². The van der Waals surface area contributed by atoms with Crippen LogP contribution in [0.5, 0.6) is 0 Å². The molecule has 2 N–H and O–H groups in total. The van der Waals surface area contributed by atoms with Crippen LogP contribution in [0, 0.1) is 0 Å². The van der Waals surface area contributed by atoms with Gasteiger partial charge in [-0.2, -0.15) is 0 Å². The molecule has 0 bridgehead atoms. The first-order chi connectivity index (χ1) is 6.43. The number of carboxylic acid groups (broad SMARTS) is 2. The zero-order valence-electron chi connectivity index (χ0n) is 8.02. The molecule has 0 aromatic rings. The molecule has 0 radical (unpaired) electrons. The predicted octanol–water partition coefficient (Wildman–Crippen LogP) is 0.897. The minimum Gasteiger partial charge on any atom is -0.481 e. The molecule has 0 amide bonds. The summed E-state index contributed by atoms with van der Waals surface area (Å²) >= 11 is 0. The summed E-state index contributed by atoms with van der Waals surface area (Å²) in [7, 11) is 0. The molecule has 1 rings (SSSR count). The average molecular weight is 202 g/mol. The Balaban J connectivity index is 0.000000364. The number of carbonyl (C=O) groups is 2. The third-order valence-corrected chi connectivity index (χ3v) is 1.47. The van der Waals surface area contributed by atoms with Crippen molar-refractivity contribution in [1.82, 2.24) is 0 Å². The minimum absolute atomic E-state index is 0.274. The van der Waals surface area contributed by atoms with Gasteiger partial charge in [-0.15, -0.1) is 0 Å². The Kier molecular flexibility index (Phi) is 5.55. The fourth-order valence-corrected chi connectivity index (χ4v) is 0.677. The topological polar surface area (TPSA) is 87.1 Å². The zero-order valence-corrected chi connectivity index (χ0v) is 8.02. The molecule has 0 aromatic heterocycles. The number of ether oxygens (including phenoxy) is 1. The Hall–Kier alpha value is -1.36. The third kappa shape index (κ3) is 8.73. The van der Waals surface area contributed by atoms with Crippen molar-refractivity contribution in [3.63, 3.8) is 0 Å². The van der Waals surface area contributed by atoms with Gasteiger partial charge >= 0.3 is 5.97 Å². The first kappa shape index (κ1) is 12.6. The molecule has 5 nitrogen and oxygen atoms in total. The molecule has 1 heterocycles. The van der Waals surface area contributed by atoms with Crippen molar-refractivity contribution in [1.29, 1.82) is 0 Å². The van der Waals surface area contributed by atoms with Gasteiger partial charge in [-0.25, -0.2) is 4.79 Å².